The lowest BCUT2D eigenvalue weighted by atomic mass is 10.1. The van der Waals surface area contributed by atoms with Gasteiger partial charge < -0.3 is 5.73 Å². The van der Waals surface area contributed by atoms with Crippen molar-refractivity contribution in [3.05, 3.63) is 29.3 Å². The zero-order chi connectivity index (χ0) is 13.6. The quantitative estimate of drug-likeness (QED) is 0.774. The molecule has 0 spiro atoms. The molecule has 106 valence electrons. The normalized spacial score (nSPS) is 10.6. The van der Waals surface area contributed by atoms with Gasteiger partial charge in [0.05, 0.1) is 10.5 Å². The van der Waals surface area contributed by atoms with E-state index in [1.165, 1.54) is 6.07 Å². The van der Waals surface area contributed by atoms with Crippen molar-refractivity contribution >= 4 is 22.4 Å². The molecule has 1 aromatic carbocycles. The maximum atomic E-state index is 12.0. The van der Waals surface area contributed by atoms with Gasteiger partial charge in [0.15, 0.2) is 0 Å². The molecule has 7 heteroatoms. The molecule has 19 heavy (non-hydrogen) atoms. The fourth-order valence-corrected chi connectivity index (χ4v) is 2.86. The predicted octanol–water partition coefficient (Wildman–Crippen LogP) is 1.31. The van der Waals surface area contributed by atoms with Gasteiger partial charge in [0.1, 0.15) is 6.07 Å². The van der Waals surface area contributed by atoms with Crippen LogP contribution < -0.4 is 10.5 Å². The maximum Gasteiger partial charge on any atom is 0.241 e. The highest BCUT2D eigenvalue weighted by atomic mass is 35.5. The smallest absolute Gasteiger partial charge is 0.241 e. The third kappa shape index (κ3) is 4.80. The van der Waals surface area contributed by atoms with Crippen molar-refractivity contribution in [1.82, 2.24) is 4.72 Å². The van der Waals surface area contributed by atoms with Crippen LogP contribution in [0.25, 0.3) is 0 Å². The van der Waals surface area contributed by atoms with E-state index in [9.17, 15) is 8.42 Å². The lowest BCUT2D eigenvalue weighted by Gasteiger charge is -2.09. The average Bonchev–Trinajstić information content (AvgIpc) is 2.34. The van der Waals surface area contributed by atoms with Crippen LogP contribution in [0.5, 0.6) is 0 Å². The van der Waals surface area contributed by atoms with Crippen LogP contribution in [-0.2, 0) is 10.0 Å². The van der Waals surface area contributed by atoms with Crippen molar-refractivity contribution in [1.29, 1.82) is 5.26 Å². The van der Waals surface area contributed by atoms with Crippen molar-refractivity contribution in [3.8, 4) is 6.07 Å². The van der Waals surface area contributed by atoms with Gasteiger partial charge in [-0.05, 0) is 37.9 Å². The number of nitrogens with two attached hydrogens (primary N) is 1. The fraction of sp³-hybridized carbons (Fsp3) is 0.417. The molecule has 0 aliphatic rings. The Morgan fingerprint density at radius 2 is 2.05 bits per heavy atom. The number of unbranched alkanes of at least 4 members (excludes halogenated alkanes) is 1. The molecule has 0 amide bonds. The van der Waals surface area contributed by atoms with Crippen molar-refractivity contribution in [2.24, 2.45) is 5.73 Å². The van der Waals surface area contributed by atoms with E-state index in [0.717, 1.165) is 6.42 Å². The van der Waals surface area contributed by atoms with Crippen LogP contribution in [0, 0.1) is 18.3 Å². The molecule has 0 aliphatic heterocycles. The third-order valence-corrected chi connectivity index (χ3v) is 4.06. The van der Waals surface area contributed by atoms with Crippen LogP contribution in [0.3, 0.4) is 0 Å². The Hall–Kier alpha value is -1.13. The number of nitriles is 1. The van der Waals surface area contributed by atoms with Gasteiger partial charge in [0, 0.05) is 6.54 Å². The summed E-state index contributed by atoms with van der Waals surface area (Å²) in [4.78, 5) is 0.0396. The molecule has 1 rings (SSSR count). The van der Waals surface area contributed by atoms with E-state index >= 15 is 0 Å². The topological polar surface area (TPSA) is 96.0 Å². The molecule has 0 atom stereocenters. The lowest BCUT2D eigenvalue weighted by molar-refractivity contribution is 0.577. The molecule has 3 N–H and O–H groups in total. The number of nitrogens with zero attached hydrogens (tertiary/aromatic N) is 1. The molecule has 0 radical (unpaired) electrons. The van der Waals surface area contributed by atoms with Gasteiger partial charge in [-0.15, -0.1) is 12.4 Å². The summed E-state index contributed by atoms with van der Waals surface area (Å²) < 4.78 is 26.5. The summed E-state index contributed by atoms with van der Waals surface area (Å²) in [6.45, 7) is 2.58. The number of halogens is 1. The highest BCUT2D eigenvalue weighted by molar-refractivity contribution is 7.89. The van der Waals surface area contributed by atoms with Crippen molar-refractivity contribution in [2.45, 2.75) is 24.7 Å². The summed E-state index contributed by atoms with van der Waals surface area (Å²) in [6, 6.07) is 6.72. The van der Waals surface area contributed by atoms with E-state index in [2.05, 4.69) is 4.72 Å². The van der Waals surface area contributed by atoms with Crippen molar-refractivity contribution in [3.63, 3.8) is 0 Å². The van der Waals surface area contributed by atoms with E-state index in [4.69, 9.17) is 11.0 Å². The first-order chi connectivity index (χ1) is 8.53. The Bertz CT molecular complexity index is 553. The predicted molar refractivity (Wildman–Crippen MR) is 76.6 cm³/mol. The molecular formula is C12H18ClN3O2S. The van der Waals surface area contributed by atoms with Gasteiger partial charge in [0.2, 0.25) is 10.0 Å². The fourth-order valence-electron chi connectivity index (χ4n) is 1.56. The Kier molecular flexibility index (Phi) is 7.64. The van der Waals surface area contributed by atoms with Crippen molar-refractivity contribution in [2.75, 3.05) is 13.1 Å². The second-order valence-corrected chi connectivity index (χ2v) is 5.69. The summed E-state index contributed by atoms with van der Waals surface area (Å²) in [5, 5.41) is 9.01. The highest BCUT2D eigenvalue weighted by Gasteiger charge is 2.18. The SMILES string of the molecule is Cc1cccc(S(=O)(=O)NCCCCN)c1C#N.Cl. The standard InChI is InChI=1S/C12H17N3O2S.ClH/c1-10-5-4-6-12(11(10)9-14)18(16,17)15-8-3-2-7-13;/h4-6,15H,2-3,7-8,13H2,1H3;1H. The number of sulfonamides is 1. The molecule has 0 unspecified atom stereocenters. The Labute approximate surface area is 120 Å². The molecule has 0 aromatic heterocycles. The molecular weight excluding hydrogens is 286 g/mol. The van der Waals surface area contributed by atoms with E-state index in [0.29, 0.717) is 25.1 Å². The van der Waals surface area contributed by atoms with Crippen LogP contribution in [0.2, 0.25) is 0 Å². The van der Waals surface area contributed by atoms with Gasteiger partial charge in [0.25, 0.3) is 0 Å². The number of nitrogens with one attached hydrogen (secondary N) is 1. The first-order valence-corrected chi connectivity index (χ1v) is 7.20. The largest absolute Gasteiger partial charge is 0.330 e. The Balaban J connectivity index is 0.00000324. The molecule has 0 heterocycles. The summed E-state index contributed by atoms with van der Waals surface area (Å²) in [5.74, 6) is 0. The minimum Gasteiger partial charge on any atom is -0.330 e. The summed E-state index contributed by atoms with van der Waals surface area (Å²) >= 11 is 0. The minimum atomic E-state index is -3.62. The van der Waals surface area contributed by atoms with Gasteiger partial charge >= 0.3 is 0 Å². The van der Waals surface area contributed by atoms with Crippen molar-refractivity contribution < 1.29 is 8.42 Å². The van der Waals surface area contributed by atoms with Gasteiger partial charge in [-0.25, -0.2) is 13.1 Å². The number of aryl methyl sites for hydroxylation is 1. The number of hydrogen-bond donors (Lipinski definition) is 2. The van der Waals surface area contributed by atoms with Crippen LogP contribution in [0.15, 0.2) is 23.1 Å². The van der Waals surface area contributed by atoms with Gasteiger partial charge in [-0.1, -0.05) is 12.1 Å². The lowest BCUT2D eigenvalue weighted by Crippen LogP contribution is -2.26. The monoisotopic (exact) mass is 303 g/mol. The maximum absolute atomic E-state index is 12.0. The molecule has 1 aromatic rings. The first kappa shape index (κ1) is 17.9. The molecule has 0 aliphatic carbocycles. The van der Waals surface area contributed by atoms with Crippen LogP contribution in [0.4, 0.5) is 0 Å². The van der Waals surface area contributed by atoms with E-state index in [-0.39, 0.29) is 22.9 Å². The minimum absolute atomic E-state index is 0. The van der Waals surface area contributed by atoms with E-state index in [1.54, 1.807) is 19.1 Å². The van der Waals surface area contributed by atoms with Crippen LogP contribution in [0.1, 0.15) is 24.0 Å². The van der Waals surface area contributed by atoms with Gasteiger partial charge in [-0.2, -0.15) is 5.26 Å². The molecule has 0 bridgehead atoms. The highest BCUT2D eigenvalue weighted by Crippen LogP contribution is 2.18. The van der Waals surface area contributed by atoms with Crippen LogP contribution >= 0.6 is 12.4 Å². The second kappa shape index (κ2) is 8.12. The van der Waals surface area contributed by atoms with E-state index < -0.39 is 10.0 Å². The zero-order valence-electron chi connectivity index (χ0n) is 10.7. The van der Waals surface area contributed by atoms with Gasteiger partial charge in [-0.3, -0.25) is 0 Å². The summed E-state index contributed by atoms with van der Waals surface area (Å²) in [7, 11) is -3.62. The number of hydrogen-bond acceptors (Lipinski definition) is 4. The molecule has 0 saturated heterocycles. The summed E-state index contributed by atoms with van der Waals surface area (Å²) in [5.41, 5.74) is 6.19. The first-order valence-electron chi connectivity index (χ1n) is 5.72. The average molecular weight is 304 g/mol. The number of benzene rings is 1. The molecule has 5 nitrogen and oxygen atoms in total. The Morgan fingerprint density at radius 3 is 2.63 bits per heavy atom. The molecule has 0 saturated carbocycles. The van der Waals surface area contributed by atoms with Crippen LogP contribution in [-0.4, -0.2) is 21.5 Å². The Morgan fingerprint density at radius 1 is 1.37 bits per heavy atom. The molecule has 0 fully saturated rings. The second-order valence-electron chi connectivity index (χ2n) is 3.95. The summed E-state index contributed by atoms with van der Waals surface area (Å²) in [6.07, 6.45) is 1.45. The third-order valence-electron chi connectivity index (χ3n) is 2.56. The number of rotatable bonds is 6. The van der Waals surface area contributed by atoms with E-state index in [1.807, 2.05) is 6.07 Å². The zero-order valence-corrected chi connectivity index (χ0v) is 12.4.